The van der Waals surface area contributed by atoms with Gasteiger partial charge >= 0.3 is 0 Å². The minimum absolute atomic E-state index is 0.231. The van der Waals surface area contributed by atoms with E-state index in [0.717, 1.165) is 11.8 Å². The van der Waals surface area contributed by atoms with Crippen LogP contribution in [0.4, 0.5) is 0 Å². The summed E-state index contributed by atoms with van der Waals surface area (Å²) in [7, 11) is 0. The van der Waals surface area contributed by atoms with Gasteiger partial charge in [-0.25, -0.2) is 4.99 Å². The maximum absolute atomic E-state index is 13.0. The first-order valence-electron chi connectivity index (χ1n) is 8.12. The number of thioether (sulfide) groups is 1. The van der Waals surface area contributed by atoms with Crippen molar-refractivity contribution in [2.45, 2.75) is 0 Å². The number of hydrogen-bond acceptors (Lipinski definition) is 5. The third-order valence-corrected chi connectivity index (χ3v) is 4.79. The molecule has 0 unspecified atom stereocenters. The topological polar surface area (TPSA) is 72.8 Å². The number of furan rings is 2. The Labute approximate surface area is 159 Å². The Balaban J connectivity index is 1.71. The molecular weight excluding hydrogens is 362 g/mol. The number of benzene rings is 1. The Hall–Kier alpha value is -3.38. The summed E-state index contributed by atoms with van der Waals surface area (Å²) in [5.74, 6) is 0.421. The van der Waals surface area contributed by atoms with Crippen LogP contribution < -0.4 is 0 Å². The van der Waals surface area contributed by atoms with Gasteiger partial charge in [-0.15, -0.1) is 0 Å². The Morgan fingerprint density at radius 1 is 0.926 bits per heavy atom. The van der Waals surface area contributed by atoms with Crippen molar-refractivity contribution in [3.8, 4) is 0 Å². The SMILES string of the molecule is O=C1N=C(C(=Cc2ccco2)C(=O)c2ccccc2)SC1=Cc1ccco1. The molecule has 0 bridgehead atoms. The van der Waals surface area contributed by atoms with Crippen LogP contribution in [0, 0.1) is 0 Å². The van der Waals surface area contributed by atoms with Gasteiger partial charge < -0.3 is 8.83 Å². The Bertz CT molecular complexity index is 1060. The van der Waals surface area contributed by atoms with Crippen molar-refractivity contribution >= 4 is 40.6 Å². The fourth-order valence-electron chi connectivity index (χ4n) is 2.51. The third-order valence-electron chi connectivity index (χ3n) is 3.78. The predicted molar refractivity (Wildman–Crippen MR) is 104 cm³/mol. The van der Waals surface area contributed by atoms with Crippen molar-refractivity contribution in [3.05, 3.63) is 94.7 Å². The van der Waals surface area contributed by atoms with Crippen LogP contribution in [0.15, 0.2) is 91.4 Å². The molecular formula is C21H13NO4S. The van der Waals surface area contributed by atoms with E-state index in [0.29, 0.717) is 32.6 Å². The first-order chi connectivity index (χ1) is 13.2. The molecule has 0 aliphatic carbocycles. The molecule has 1 aliphatic heterocycles. The van der Waals surface area contributed by atoms with Crippen LogP contribution in [0.25, 0.3) is 12.2 Å². The van der Waals surface area contributed by atoms with Crippen molar-refractivity contribution in [1.29, 1.82) is 0 Å². The number of aliphatic imine (C=N–C) groups is 1. The molecule has 1 amide bonds. The third kappa shape index (κ3) is 3.75. The first-order valence-corrected chi connectivity index (χ1v) is 8.94. The van der Waals surface area contributed by atoms with Crippen molar-refractivity contribution in [1.82, 2.24) is 0 Å². The normalized spacial score (nSPS) is 16.0. The zero-order valence-electron chi connectivity index (χ0n) is 14.0. The number of ketones is 1. The number of carbonyl (C=O) groups excluding carboxylic acids is 2. The van der Waals surface area contributed by atoms with Gasteiger partial charge in [0.25, 0.3) is 5.91 Å². The van der Waals surface area contributed by atoms with Crippen molar-refractivity contribution in [2.75, 3.05) is 0 Å². The molecule has 0 atom stereocenters. The maximum Gasteiger partial charge on any atom is 0.285 e. The summed E-state index contributed by atoms with van der Waals surface area (Å²) in [4.78, 5) is 29.8. The summed E-state index contributed by atoms with van der Waals surface area (Å²) in [5, 5.41) is 0.336. The van der Waals surface area contributed by atoms with E-state index in [2.05, 4.69) is 4.99 Å². The highest BCUT2D eigenvalue weighted by molar-refractivity contribution is 8.19. The number of carbonyl (C=O) groups is 2. The van der Waals surface area contributed by atoms with E-state index in [4.69, 9.17) is 8.83 Å². The monoisotopic (exact) mass is 375 g/mol. The van der Waals surface area contributed by atoms with Crippen molar-refractivity contribution in [3.63, 3.8) is 0 Å². The number of nitrogens with zero attached hydrogens (tertiary/aromatic N) is 1. The second kappa shape index (κ2) is 7.47. The molecule has 3 heterocycles. The van der Waals surface area contributed by atoms with Crippen LogP contribution >= 0.6 is 11.8 Å². The predicted octanol–water partition coefficient (Wildman–Crippen LogP) is 4.85. The maximum atomic E-state index is 13.0. The smallest absolute Gasteiger partial charge is 0.285 e. The van der Waals surface area contributed by atoms with E-state index in [1.165, 1.54) is 12.5 Å². The fourth-order valence-corrected chi connectivity index (χ4v) is 3.42. The number of rotatable bonds is 5. The summed E-state index contributed by atoms with van der Waals surface area (Å²) in [6.45, 7) is 0. The van der Waals surface area contributed by atoms with Gasteiger partial charge in [0, 0.05) is 11.6 Å². The molecule has 0 radical (unpaired) electrons. The highest BCUT2D eigenvalue weighted by atomic mass is 32.2. The Morgan fingerprint density at radius 2 is 1.63 bits per heavy atom. The first kappa shape index (κ1) is 17.1. The fraction of sp³-hybridized carbons (Fsp3) is 0. The summed E-state index contributed by atoms with van der Waals surface area (Å²) in [6, 6.07) is 15.8. The molecule has 0 N–H and O–H groups in total. The lowest BCUT2D eigenvalue weighted by Crippen LogP contribution is -2.09. The average molecular weight is 375 g/mol. The highest BCUT2D eigenvalue weighted by Gasteiger charge is 2.28. The molecule has 2 aromatic heterocycles. The van der Waals surface area contributed by atoms with Crippen LogP contribution in [0.5, 0.6) is 0 Å². The zero-order chi connectivity index (χ0) is 18.6. The van der Waals surface area contributed by atoms with Crippen LogP contribution in [-0.2, 0) is 4.79 Å². The van der Waals surface area contributed by atoms with Gasteiger partial charge in [-0.2, -0.15) is 0 Å². The molecule has 5 nitrogen and oxygen atoms in total. The standard InChI is InChI=1S/C21H13NO4S/c23-19(14-6-2-1-3-7-14)17(12-15-8-4-10-25-15)21-22-20(24)18(27-21)13-16-9-5-11-26-16/h1-13H. The van der Waals surface area contributed by atoms with E-state index >= 15 is 0 Å². The molecule has 4 rings (SSSR count). The van der Waals surface area contributed by atoms with Crippen molar-refractivity contribution < 1.29 is 18.4 Å². The van der Waals surface area contributed by atoms with Crippen molar-refractivity contribution in [2.24, 2.45) is 4.99 Å². The molecule has 3 aromatic rings. The lowest BCUT2D eigenvalue weighted by Gasteiger charge is -2.05. The highest BCUT2D eigenvalue weighted by Crippen LogP contribution is 2.33. The van der Waals surface area contributed by atoms with Crippen LogP contribution in [-0.4, -0.2) is 16.7 Å². The molecule has 0 saturated carbocycles. The quantitative estimate of drug-likeness (QED) is 0.471. The summed E-state index contributed by atoms with van der Waals surface area (Å²) >= 11 is 1.14. The minimum atomic E-state index is -0.405. The van der Waals surface area contributed by atoms with E-state index in [1.54, 1.807) is 60.7 Å². The number of hydrogen-bond donors (Lipinski definition) is 0. The second-order valence-corrected chi connectivity index (χ2v) is 6.65. The number of Topliss-reactive ketones (excluding diaryl/α,β-unsaturated/α-hetero) is 1. The van der Waals surface area contributed by atoms with Gasteiger partial charge in [0.1, 0.15) is 16.6 Å². The van der Waals surface area contributed by atoms with Crippen LogP contribution in [0.1, 0.15) is 21.9 Å². The summed E-state index contributed by atoms with van der Waals surface area (Å²) in [5.41, 5.74) is 0.812. The molecule has 0 saturated heterocycles. The van der Waals surface area contributed by atoms with Gasteiger partial charge in [0.2, 0.25) is 0 Å². The lowest BCUT2D eigenvalue weighted by molar-refractivity contribution is -0.113. The van der Waals surface area contributed by atoms with Gasteiger partial charge in [-0.1, -0.05) is 42.1 Å². The molecule has 132 valence electrons. The second-order valence-electron chi connectivity index (χ2n) is 5.62. The van der Waals surface area contributed by atoms with E-state index in [-0.39, 0.29) is 5.78 Å². The van der Waals surface area contributed by atoms with E-state index < -0.39 is 5.91 Å². The molecule has 1 aromatic carbocycles. The van der Waals surface area contributed by atoms with E-state index in [9.17, 15) is 9.59 Å². The Kier molecular flexibility index (Phi) is 4.72. The van der Waals surface area contributed by atoms with Gasteiger partial charge in [0.05, 0.1) is 23.0 Å². The van der Waals surface area contributed by atoms with Gasteiger partial charge in [0.15, 0.2) is 5.78 Å². The molecule has 27 heavy (non-hydrogen) atoms. The molecule has 0 spiro atoms. The van der Waals surface area contributed by atoms with E-state index in [1.807, 2.05) is 6.07 Å². The Morgan fingerprint density at radius 3 is 2.30 bits per heavy atom. The zero-order valence-corrected chi connectivity index (χ0v) is 14.8. The molecule has 1 aliphatic rings. The summed E-state index contributed by atoms with van der Waals surface area (Å²) < 4.78 is 10.6. The minimum Gasteiger partial charge on any atom is -0.465 e. The van der Waals surface area contributed by atoms with Gasteiger partial charge in [-0.3, -0.25) is 9.59 Å². The largest absolute Gasteiger partial charge is 0.465 e. The molecule has 0 fully saturated rings. The summed E-state index contributed by atoms with van der Waals surface area (Å²) in [6.07, 6.45) is 6.26. The molecule has 6 heteroatoms. The van der Waals surface area contributed by atoms with Gasteiger partial charge in [-0.05, 0) is 30.3 Å². The number of amides is 1. The average Bonchev–Trinajstić information content (AvgIpc) is 3.44. The van der Waals surface area contributed by atoms with Crippen LogP contribution in [0.3, 0.4) is 0 Å². The van der Waals surface area contributed by atoms with Crippen LogP contribution in [0.2, 0.25) is 0 Å². The lowest BCUT2D eigenvalue weighted by atomic mass is 10.0.